The molecule has 0 aliphatic heterocycles. The summed E-state index contributed by atoms with van der Waals surface area (Å²) in [4.78, 5) is 10.9. The lowest BCUT2D eigenvalue weighted by atomic mass is 10.1. The number of benzene rings is 1. The van der Waals surface area contributed by atoms with Crippen molar-refractivity contribution in [1.82, 2.24) is 0 Å². The molecular formula is C11H14O5. The Morgan fingerprint density at radius 1 is 1.31 bits per heavy atom. The normalized spacial score (nSPS) is 10.9. The number of carboxylic acid groups (broad SMARTS) is 1. The molecule has 0 saturated heterocycles. The van der Waals surface area contributed by atoms with Crippen molar-refractivity contribution < 1.29 is 24.5 Å². The van der Waals surface area contributed by atoms with Crippen molar-refractivity contribution in [2.24, 2.45) is 0 Å². The van der Waals surface area contributed by atoms with Crippen LogP contribution in [0, 0.1) is 0 Å². The van der Waals surface area contributed by atoms with E-state index in [1.807, 2.05) is 0 Å². The Bertz CT molecular complexity index is 397. The second-order valence-corrected chi connectivity index (χ2v) is 3.75. The third-order valence-corrected chi connectivity index (χ3v) is 2.03. The first-order chi connectivity index (χ1) is 7.36. The topological polar surface area (TPSA) is 76.0 Å². The maximum Gasteiger partial charge on any atom is 0.347 e. The molecule has 0 aromatic heterocycles. The van der Waals surface area contributed by atoms with Crippen molar-refractivity contribution in [2.45, 2.75) is 19.4 Å². The van der Waals surface area contributed by atoms with E-state index in [4.69, 9.17) is 14.6 Å². The van der Waals surface area contributed by atoms with E-state index in [0.29, 0.717) is 0 Å². The zero-order chi connectivity index (χ0) is 12.3. The van der Waals surface area contributed by atoms with Gasteiger partial charge in [-0.3, -0.25) is 0 Å². The number of hydrogen-bond acceptors (Lipinski definition) is 4. The van der Waals surface area contributed by atoms with Crippen molar-refractivity contribution in [1.29, 1.82) is 0 Å². The molecule has 0 radical (unpaired) electrons. The van der Waals surface area contributed by atoms with Crippen LogP contribution in [0.3, 0.4) is 0 Å². The molecule has 5 heteroatoms. The molecule has 0 fully saturated rings. The van der Waals surface area contributed by atoms with Gasteiger partial charge in [0.15, 0.2) is 17.1 Å². The molecule has 0 bridgehead atoms. The maximum atomic E-state index is 10.9. The number of carbonyl (C=O) groups is 1. The highest BCUT2D eigenvalue weighted by molar-refractivity contribution is 5.77. The maximum absolute atomic E-state index is 10.9. The average molecular weight is 226 g/mol. The quantitative estimate of drug-likeness (QED) is 0.816. The zero-order valence-electron chi connectivity index (χ0n) is 9.35. The predicted octanol–water partition coefficient (Wildman–Crippen LogP) is 1.64. The summed E-state index contributed by atoms with van der Waals surface area (Å²) in [5, 5.41) is 18.1. The Hall–Kier alpha value is -1.91. The number of carboxylic acids is 1. The second kappa shape index (κ2) is 4.30. The number of methoxy groups -OCH3 is 1. The van der Waals surface area contributed by atoms with Crippen LogP contribution < -0.4 is 9.47 Å². The van der Waals surface area contributed by atoms with Gasteiger partial charge in [0.1, 0.15) is 5.75 Å². The van der Waals surface area contributed by atoms with Crippen molar-refractivity contribution in [2.75, 3.05) is 7.11 Å². The minimum atomic E-state index is -1.36. The van der Waals surface area contributed by atoms with Crippen LogP contribution >= 0.6 is 0 Å². The molecule has 0 aliphatic rings. The van der Waals surface area contributed by atoms with Gasteiger partial charge in [0, 0.05) is 6.07 Å². The smallest absolute Gasteiger partial charge is 0.347 e. The van der Waals surface area contributed by atoms with E-state index in [9.17, 15) is 9.90 Å². The van der Waals surface area contributed by atoms with E-state index in [1.54, 1.807) is 0 Å². The lowest BCUT2D eigenvalue weighted by Gasteiger charge is -2.22. The highest BCUT2D eigenvalue weighted by atomic mass is 16.5. The lowest BCUT2D eigenvalue weighted by Crippen LogP contribution is -2.37. The molecule has 1 rings (SSSR count). The van der Waals surface area contributed by atoms with E-state index in [-0.39, 0.29) is 17.2 Å². The second-order valence-electron chi connectivity index (χ2n) is 3.75. The van der Waals surface area contributed by atoms with E-state index >= 15 is 0 Å². The number of rotatable bonds is 4. The fraction of sp³-hybridized carbons (Fsp3) is 0.364. The van der Waals surface area contributed by atoms with Crippen LogP contribution in [-0.4, -0.2) is 28.9 Å². The summed E-state index contributed by atoms with van der Waals surface area (Å²) in [6.45, 7) is 2.86. The van der Waals surface area contributed by atoms with E-state index in [2.05, 4.69) is 0 Å². The van der Waals surface area contributed by atoms with Gasteiger partial charge < -0.3 is 19.7 Å². The zero-order valence-corrected chi connectivity index (χ0v) is 9.35. The number of ether oxygens (including phenoxy) is 2. The molecule has 0 unspecified atom stereocenters. The fourth-order valence-electron chi connectivity index (χ4n) is 1.06. The predicted molar refractivity (Wildman–Crippen MR) is 57.0 cm³/mol. The molecular weight excluding hydrogens is 212 g/mol. The van der Waals surface area contributed by atoms with Crippen LogP contribution in [0.2, 0.25) is 0 Å². The molecule has 16 heavy (non-hydrogen) atoms. The Kier molecular flexibility index (Phi) is 3.27. The molecule has 0 spiro atoms. The van der Waals surface area contributed by atoms with Gasteiger partial charge in [0.25, 0.3) is 0 Å². The molecule has 0 heterocycles. The van der Waals surface area contributed by atoms with Crippen molar-refractivity contribution >= 4 is 5.97 Å². The molecule has 0 amide bonds. The van der Waals surface area contributed by atoms with Crippen LogP contribution in [0.25, 0.3) is 0 Å². The summed E-state index contributed by atoms with van der Waals surface area (Å²) in [6.07, 6.45) is 0. The Labute approximate surface area is 93.2 Å². The number of aromatic hydroxyl groups is 1. The number of aliphatic carboxylic acids is 1. The highest BCUT2D eigenvalue weighted by Gasteiger charge is 2.30. The number of hydrogen-bond donors (Lipinski definition) is 2. The number of phenolic OH excluding ortho intramolecular Hbond substituents is 1. The SMILES string of the molecule is COc1cc(O)ccc1OC(C)(C)C(=O)O. The minimum absolute atomic E-state index is 0.0253. The molecule has 0 saturated carbocycles. The van der Waals surface area contributed by atoms with Gasteiger partial charge in [-0.05, 0) is 26.0 Å². The van der Waals surface area contributed by atoms with Gasteiger partial charge in [0.2, 0.25) is 0 Å². The summed E-state index contributed by atoms with van der Waals surface area (Å²) in [6, 6.07) is 4.21. The van der Waals surface area contributed by atoms with Crippen molar-refractivity contribution in [3.63, 3.8) is 0 Å². The van der Waals surface area contributed by atoms with Crippen LogP contribution in [0.5, 0.6) is 17.2 Å². The van der Waals surface area contributed by atoms with Crippen LogP contribution in [0.15, 0.2) is 18.2 Å². The van der Waals surface area contributed by atoms with Crippen molar-refractivity contribution in [3.8, 4) is 17.2 Å². The Balaban J connectivity index is 3.01. The van der Waals surface area contributed by atoms with Gasteiger partial charge in [0.05, 0.1) is 7.11 Å². The first kappa shape index (κ1) is 12.2. The minimum Gasteiger partial charge on any atom is -0.508 e. The summed E-state index contributed by atoms with van der Waals surface area (Å²) in [5.74, 6) is -0.498. The van der Waals surface area contributed by atoms with Crippen molar-refractivity contribution in [3.05, 3.63) is 18.2 Å². The van der Waals surface area contributed by atoms with Gasteiger partial charge >= 0.3 is 5.97 Å². The summed E-state index contributed by atoms with van der Waals surface area (Å²) in [7, 11) is 1.41. The molecule has 2 N–H and O–H groups in total. The van der Waals surface area contributed by atoms with Crippen LogP contribution in [0.4, 0.5) is 0 Å². The fourth-order valence-corrected chi connectivity index (χ4v) is 1.06. The van der Waals surface area contributed by atoms with Gasteiger partial charge in [-0.25, -0.2) is 4.79 Å². The first-order valence-corrected chi connectivity index (χ1v) is 4.66. The summed E-state index contributed by atoms with van der Waals surface area (Å²) < 4.78 is 10.3. The van der Waals surface area contributed by atoms with Gasteiger partial charge in [-0.1, -0.05) is 0 Å². The largest absolute Gasteiger partial charge is 0.508 e. The molecule has 5 nitrogen and oxygen atoms in total. The molecule has 88 valence electrons. The standard InChI is InChI=1S/C11H14O5/c1-11(2,10(13)14)16-8-5-4-7(12)6-9(8)15-3/h4-6,12H,1-3H3,(H,13,14). The third kappa shape index (κ3) is 2.56. The Morgan fingerprint density at radius 2 is 1.94 bits per heavy atom. The highest BCUT2D eigenvalue weighted by Crippen LogP contribution is 2.33. The molecule has 0 atom stereocenters. The van der Waals surface area contributed by atoms with E-state index in [1.165, 1.54) is 39.2 Å². The van der Waals surface area contributed by atoms with E-state index in [0.717, 1.165) is 0 Å². The third-order valence-electron chi connectivity index (χ3n) is 2.03. The number of phenols is 1. The average Bonchev–Trinajstić information content (AvgIpc) is 2.20. The van der Waals surface area contributed by atoms with Crippen LogP contribution in [-0.2, 0) is 4.79 Å². The summed E-state index contributed by atoms with van der Waals surface area (Å²) in [5.41, 5.74) is -1.36. The Morgan fingerprint density at radius 3 is 2.44 bits per heavy atom. The monoisotopic (exact) mass is 226 g/mol. The van der Waals surface area contributed by atoms with Crippen LogP contribution in [0.1, 0.15) is 13.8 Å². The summed E-state index contributed by atoms with van der Waals surface area (Å²) >= 11 is 0. The van der Waals surface area contributed by atoms with E-state index < -0.39 is 11.6 Å². The molecule has 1 aromatic rings. The molecule has 1 aromatic carbocycles. The molecule has 0 aliphatic carbocycles. The first-order valence-electron chi connectivity index (χ1n) is 4.66. The lowest BCUT2D eigenvalue weighted by molar-refractivity contribution is -0.152. The van der Waals surface area contributed by atoms with Gasteiger partial charge in [-0.15, -0.1) is 0 Å². The van der Waals surface area contributed by atoms with Gasteiger partial charge in [-0.2, -0.15) is 0 Å².